The van der Waals surface area contributed by atoms with E-state index in [4.69, 9.17) is 18.0 Å². The average molecular weight is 306 g/mol. The molecule has 20 heavy (non-hydrogen) atoms. The maximum Gasteiger partial charge on any atom is 0.433 e. The number of nitrogens with two attached hydrogens (primary N) is 1. The summed E-state index contributed by atoms with van der Waals surface area (Å²) in [6, 6.07) is 1.98. The number of aromatic nitrogens is 1. The van der Waals surface area contributed by atoms with Crippen molar-refractivity contribution in [1.29, 1.82) is 0 Å². The maximum absolute atomic E-state index is 12.6. The largest absolute Gasteiger partial charge is 0.433 e. The number of pyridine rings is 1. The number of anilines is 1. The van der Waals surface area contributed by atoms with Crippen LogP contribution in [0.1, 0.15) is 18.2 Å². The Morgan fingerprint density at radius 2 is 2.05 bits per heavy atom. The molecule has 0 aliphatic carbocycles. The zero-order valence-electron chi connectivity index (χ0n) is 10.5. The predicted octanol–water partition coefficient (Wildman–Crippen LogP) is 1.28. The maximum atomic E-state index is 12.6. The van der Waals surface area contributed by atoms with E-state index in [1.165, 1.54) is 13.0 Å². The van der Waals surface area contributed by atoms with Gasteiger partial charge in [0.2, 0.25) is 5.91 Å². The fourth-order valence-electron chi connectivity index (χ4n) is 1.37. The molecule has 0 fully saturated rings. The number of alkyl halides is 3. The van der Waals surface area contributed by atoms with Gasteiger partial charge in [0.25, 0.3) is 0 Å². The Morgan fingerprint density at radius 1 is 1.40 bits per heavy atom. The van der Waals surface area contributed by atoms with Gasteiger partial charge in [0.15, 0.2) is 0 Å². The first kappa shape index (κ1) is 16.2. The van der Waals surface area contributed by atoms with Gasteiger partial charge in [-0.1, -0.05) is 12.2 Å². The molecule has 0 aliphatic heterocycles. The van der Waals surface area contributed by atoms with E-state index in [0.29, 0.717) is 0 Å². The summed E-state index contributed by atoms with van der Waals surface area (Å²) in [4.78, 5) is 14.1. The van der Waals surface area contributed by atoms with Crippen molar-refractivity contribution >= 4 is 28.9 Å². The number of nitrogens with one attached hydrogen (secondary N) is 2. The van der Waals surface area contributed by atoms with E-state index in [1.807, 2.05) is 0 Å². The van der Waals surface area contributed by atoms with Crippen molar-refractivity contribution in [2.75, 3.05) is 18.4 Å². The van der Waals surface area contributed by atoms with E-state index < -0.39 is 11.9 Å². The number of nitrogens with zero attached hydrogens (tertiary/aromatic N) is 1. The minimum Gasteiger partial charge on any atom is -0.389 e. The van der Waals surface area contributed by atoms with Crippen LogP contribution in [-0.4, -0.2) is 29.0 Å². The highest BCUT2D eigenvalue weighted by Crippen LogP contribution is 2.29. The van der Waals surface area contributed by atoms with Crippen molar-refractivity contribution in [2.24, 2.45) is 5.73 Å². The van der Waals surface area contributed by atoms with E-state index in [9.17, 15) is 18.0 Å². The lowest BCUT2D eigenvalue weighted by Gasteiger charge is -2.13. The predicted molar refractivity (Wildman–Crippen MR) is 72.3 cm³/mol. The molecule has 0 saturated carbocycles. The van der Waals surface area contributed by atoms with E-state index in [0.717, 1.165) is 6.07 Å². The summed E-state index contributed by atoms with van der Waals surface area (Å²) >= 11 is 4.75. The van der Waals surface area contributed by atoms with Crippen LogP contribution in [0.5, 0.6) is 0 Å². The molecule has 0 radical (unpaired) electrons. The zero-order chi connectivity index (χ0) is 15.3. The summed E-state index contributed by atoms with van der Waals surface area (Å²) in [6.07, 6.45) is -4.55. The fraction of sp³-hybridized carbons (Fsp3) is 0.364. The Hall–Kier alpha value is -1.90. The van der Waals surface area contributed by atoms with Crippen molar-refractivity contribution in [3.8, 4) is 0 Å². The second-order valence-corrected chi connectivity index (χ2v) is 4.30. The highest BCUT2D eigenvalue weighted by atomic mass is 32.1. The van der Waals surface area contributed by atoms with Gasteiger partial charge in [-0.05, 0) is 12.1 Å². The van der Waals surface area contributed by atoms with Gasteiger partial charge in [0, 0.05) is 20.0 Å². The highest BCUT2D eigenvalue weighted by Gasteiger charge is 2.33. The van der Waals surface area contributed by atoms with Gasteiger partial charge in [0.05, 0.1) is 5.56 Å². The normalized spacial score (nSPS) is 11.0. The van der Waals surface area contributed by atoms with E-state index in [2.05, 4.69) is 15.6 Å². The minimum atomic E-state index is -4.55. The lowest BCUT2D eigenvalue weighted by molar-refractivity contribution is -0.141. The van der Waals surface area contributed by atoms with Crippen LogP contribution in [0, 0.1) is 0 Å². The first-order chi connectivity index (χ1) is 9.21. The van der Waals surface area contributed by atoms with Crippen LogP contribution in [0.3, 0.4) is 0 Å². The van der Waals surface area contributed by atoms with Crippen molar-refractivity contribution in [3.63, 3.8) is 0 Å². The van der Waals surface area contributed by atoms with Crippen molar-refractivity contribution in [3.05, 3.63) is 23.4 Å². The van der Waals surface area contributed by atoms with Gasteiger partial charge in [-0.2, -0.15) is 13.2 Å². The molecule has 4 N–H and O–H groups in total. The summed E-state index contributed by atoms with van der Waals surface area (Å²) < 4.78 is 37.8. The third-order valence-corrected chi connectivity index (χ3v) is 2.46. The number of thiocarbonyl (C=S) groups is 1. The van der Waals surface area contributed by atoms with Crippen LogP contribution in [0.25, 0.3) is 0 Å². The molecule has 1 aromatic heterocycles. The molecule has 0 aliphatic rings. The number of rotatable bonds is 5. The van der Waals surface area contributed by atoms with Crippen LogP contribution in [0.15, 0.2) is 12.1 Å². The molecule has 1 heterocycles. The summed E-state index contributed by atoms with van der Waals surface area (Å²) in [7, 11) is 0. The fourth-order valence-corrected chi connectivity index (χ4v) is 1.53. The SMILES string of the molecule is CC(=O)NCCNc1nc(C(F)(F)F)ccc1C(N)=S. The first-order valence-electron chi connectivity index (χ1n) is 5.58. The third kappa shape index (κ3) is 4.65. The number of amides is 1. The third-order valence-electron chi connectivity index (χ3n) is 2.24. The molecule has 110 valence electrons. The molecule has 0 bridgehead atoms. The molecule has 0 aromatic carbocycles. The first-order valence-corrected chi connectivity index (χ1v) is 5.99. The molecule has 1 amide bonds. The molecular weight excluding hydrogens is 293 g/mol. The number of carbonyl (C=O) groups is 1. The molecule has 0 atom stereocenters. The molecule has 0 unspecified atom stereocenters. The Bertz CT molecular complexity index is 519. The summed E-state index contributed by atoms with van der Waals surface area (Å²) in [5, 5.41) is 5.16. The second-order valence-electron chi connectivity index (χ2n) is 3.86. The molecule has 0 saturated heterocycles. The van der Waals surface area contributed by atoms with Gasteiger partial charge >= 0.3 is 6.18 Å². The lowest BCUT2D eigenvalue weighted by Crippen LogP contribution is -2.27. The van der Waals surface area contributed by atoms with Gasteiger partial charge in [0.1, 0.15) is 16.5 Å². The van der Waals surface area contributed by atoms with E-state index in [-0.39, 0.29) is 35.4 Å². The highest BCUT2D eigenvalue weighted by molar-refractivity contribution is 7.80. The lowest BCUT2D eigenvalue weighted by atomic mass is 10.2. The number of hydrogen-bond donors (Lipinski definition) is 3. The Balaban J connectivity index is 2.89. The van der Waals surface area contributed by atoms with E-state index in [1.54, 1.807) is 0 Å². The van der Waals surface area contributed by atoms with Gasteiger partial charge in [-0.3, -0.25) is 4.79 Å². The van der Waals surface area contributed by atoms with Crippen LogP contribution in [-0.2, 0) is 11.0 Å². The molecule has 1 aromatic rings. The zero-order valence-corrected chi connectivity index (χ0v) is 11.4. The minimum absolute atomic E-state index is 0.0577. The number of carbonyl (C=O) groups excluding carboxylic acids is 1. The quantitative estimate of drug-likeness (QED) is 0.564. The second kappa shape index (κ2) is 6.51. The van der Waals surface area contributed by atoms with Crippen molar-refractivity contribution < 1.29 is 18.0 Å². The van der Waals surface area contributed by atoms with Gasteiger partial charge < -0.3 is 16.4 Å². The Morgan fingerprint density at radius 3 is 2.55 bits per heavy atom. The van der Waals surface area contributed by atoms with Gasteiger partial charge in [-0.15, -0.1) is 0 Å². The molecule has 5 nitrogen and oxygen atoms in total. The Labute approximate surface area is 118 Å². The van der Waals surface area contributed by atoms with Gasteiger partial charge in [-0.25, -0.2) is 4.98 Å². The van der Waals surface area contributed by atoms with Crippen LogP contribution >= 0.6 is 12.2 Å². The van der Waals surface area contributed by atoms with Crippen LogP contribution < -0.4 is 16.4 Å². The number of hydrogen-bond acceptors (Lipinski definition) is 4. The summed E-state index contributed by atoms with van der Waals surface area (Å²) in [6.45, 7) is 1.77. The smallest absolute Gasteiger partial charge is 0.389 e. The molecule has 0 spiro atoms. The van der Waals surface area contributed by atoms with Crippen molar-refractivity contribution in [2.45, 2.75) is 13.1 Å². The number of halogens is 3. The van der Waals surface area contributed by atoms with Crippen molar-refractivity contribution in [1.82, 2.24) is 10.3 Å². The van der Waals surface area contributed by atoms with E-state index >= 15 is 0 Å². The topological polar surface area (TPSA) is 80.0 Å². The summed E-state index contributed by atoms with van der Waals surface area (Å²) in [5.74, 6) is -0.295. The molecule has 1 rings (SSSR count). The van der Waals surface area contributed by atoms with Crippen LogP contribution in [0.2, 0.25) is 0 Å². The monoisotopic (exact) mass is 306 g/mol. The average Bonchev–Trinajstić information content (AvgIpc) is 2.32. The Kier molecular flexibility index (Phi) is 5.26. The molecule has 9 heteroatoms. The van der Waals surface area contributed by atoms with Crippen LogP contribution in [0.4, 0.5) is 19.0 Å². The standard InChI is InChI=1S/C11H13F3N4OS/c1-6(19)16-4-5-17-10-7(9(15)20)2-3-8(18-10)11(12,13)14/h2-3H,4-5H2,1H3,(H2,15,20)(H,16,19)(H,17,18). The summed E-state index contributed by atoms with van der Waals surface area (Å²) in [5.41, 5.74) is 4.60. The molecular formula is C11H13F3N4OS.